The van der Waals surface area contributed by atoms with Gasteiger partial charge in [0.05, 0.1) is 6.61 Å². The second kappa shape index (κ2) is 5.41. The first-order valence-electron chi connectivity index (χ1n) is 2.72. The molecule has 0 amide bonds. The Kier molecular flexibility index (Phi) is 5.59. The molecule has 0 aromatic carbocycles. The molecule has 0 heterocycles. The van der Waals surface area contributed by atoms with Crippen molar-refractivity contribution in [3.63, 3.8) is 0 Å². The number of hydrogen-bond donors (Lipinski definition) is 1. The molecule has 0 fully saturated rings. The lowest BCUT2D eigenvalue weighted by Crippen LogP contribution is -2.23. The van der Waals surface area contributed by atoms with E-state index in [0.29, 0.717) is 6.61 Å². The number of nitrogens with two attached hydrogens (primary N) is 1. The predicted octanol–water partition coefficient (Wildman–Crippen LogP) is 1.02. The minimum absolute atomic E-state index is 0.211. The van der Waals surface area contributed by atoms with E-state index in [1.165, 1.54) is 12.0 Å². The topological polar surface area (TPSA) is 35.2 Å². The Morgan fingerprint density at radius 3 is 2.75 bits per heavy atom. The van der Waals surface area contributed by atoms with Gasteiger partial charge in [0.15, 0.2) is 0 Å². The second-order valence-corrected chi connectivity index (χ2v) is 2.19. The molecule has 0 aromatic rings. The Balaban J connectivity index is 2.86. The minimum Gasteiger partial charge on any atom is -0.326 e. The second-order valence-electron chi connectivity index (χ2n) is 1.62. The van der Waals surface area contributed by atoms with Gasteiger partial charge in [-0.2, -0.15) is 0 Å². The van der Waals surface area contributed by atoms with Crippen LogP contribution in [-0.2, 0) is 4.18 Å². The summed E-state index contributed by atoms with van der Waals surface area (Å²) in [5.41, 5.74) is 5.52. The number of rotatable bonds is 4. The van der Waals surface area contributed by atoms with Crippen molar-refractivity contribution in [2.24, 2.45) is 5.73 Å². The van der Waals surface area contributed by atoms with E-state index >= 15 is 0 Å². The molecule has 0 aliphatic heterocycles. The molecule has 0 saturated carbocycles. The first kappa shape index (κ1) is 8.27. The Labute approximate surface area is 55.0 Å². The fraction of sp³-hybridized carbons (Fsp3) is 1.00. The Morgan fingerprint density at radius 2 is 2.38 bits per heavy atom. The molecule has 0 aliphatic carbocycles. The van der Waals surface area contributed by atoms with E-state index in [-0.39, 0.29) is 6.04 Å². The maximum Gasteiger partial charge on any atom is 0.0764 e. The molecule has 0 aromatic heterocycles. The van der Waals surface area contributed by atoms with Crippen LogP contribution in [0.3, 0.4) is 0 Å². The third-order valence-electron chi connectivity index (χ3n) is 0.924. The fourth-order valence-corrected chi connectivity index (χ4v) is 0.584. The van der Waals surface area contributed by atoms with Crippen LogP contribution < -0.4 is 5.73 Å². The zero-order valence-electron chi connectivity index (χ0n) is 5.39. The summed E-state index contributed by atoms with van der Waals surface area (Å²) in [7, 11) is 0. The Morgan fingerprint density at radius 1 is 1.75 bits per heavy atom. The van der Waals surface area contributed by atoms with Crippen LogP contribution in [0.1, 0.15) is 13.3 Å². The summed E-state index contributed by atoms with van der Waals surface area (Å²) in [6, 6.07) is 0.211. The maximum atomic E-state index is 5.52. The molecule has 0 bridgehead atoms. The lowest BCUT2D eigenvalue weighted by atomic mass is 10.3. The molecule has 2 nitrogen and oxygen atoms in total. The normalized spacial score (nSPS) is 13.9. The van der Waals surface area contributed by atoms with Crippen molar-refractivity contribution >= 4 is 12.0 Å². The van der Waals surface area contributed by atoms with E-state index < -0.39 is 0 Å². The van der Waals surface area contributed by atoms with Crippen LogP contribution in [0, 0.1) is 0 Å². The highest BCUT2D eigenvalue weighted by Gasteiger charge is 1.95. The molecule has 1 atom stereocenters. The average molecular weight is 135 g/mol. The SMILES string of the molecule is CCC(N)COSC. The van der Waals surface area contributed by atoms with Crippen LogP contribution in [0.15, 0.2) is 0 Å². The molecular formula is C5H13NOS. The van der Waals surface area contributed by atoms with Gasteiger partial charge in [-0.3, -0.25) is 0 Å². The lowest BCUT2D eigenvalue weighted by molar-refractivity contribution is 0.333. The molecule has 1 unspecified atom stereocenters. The first-order chi connectivity index (χ1) is 3.81. The van der Waals surface area contributed by atoms with Gasteiger partial charge in [0.25, 0.3) is 0 Å². The van der Waals surface area contributed by atoms with Crippen molar-refractivity contribution in [3.05, 3.63) is 0 Å². The summed E-state index contributed by atoms with van der Waals surface area (Å²) < 4.78 is 4.98. The summed E-state index contributed by atoms with van der Waals surface area (Å²) in [4.78, 5) is 0. The van der Waals surface area contributed by atoms with Crippen molar-refractivity contribution in [3.8, 4) is 0 Å². The highest BCUT2D eigenvalue weighted by molar-refractivity contribution is 7.93. The van der Waals surface area contributed by atoms with Crippen molar-refractivity contribution < 1.29 is 4.18 Å². The molecule has 0 rings (SSSR count). The third kappa shape index (κ3) is 4.43. The summed E-state index contributed by atoms with van der Waals surface area (Å²) in [5, 5.41) is 0. The van der Waals surface area contributed by atoms with Gasteiger partial charge in [-0.1, -0.05) is 6.92 Å². The van der Waals surface area contributed by atoms with E-state index in [4.69, 9.17) is 9.92 Å². The van der Waals surface area contributed by atoms with E-state index in [1.807, 2.05) is 13.2 Å². The zero-order valence-corrected chi connectivity index (χ0v) is 6.20. The first-order valence-corrected chi connectivity index (χ1v) is 3.87. The van der Waals surface area contributed by atoms with Crippen molar-refractivity contribution in [1.29, 1.82) is 0 Å². The molecule has 8 heavy (non-hydrogen) atoms. The lowest BCUT2D eigenvalue weighted by Gasteiger charge is -2.05. The minimum atomic E-state index is 0.211. The average Bonchev–Trinajstić information content (AvgIpc) is 1.83. The maximum absolute atomic E-state index is 5.52. The summed E-state index contributed by atoms with van der Waals surface area (Å²) in [5.74, 6) is 0. The molecule has 0 saturated heterocycles. The van der Waals surface area contributed by atoms with E-state index in [2.05, 4.69) is 0 Å². The fourth-order valence-electron chi connectivity index (χ4n) is 0.273. The summed E-state index contributed by atoms with van der Waals surface area (Å²) >= 11 is 1.37. The van der Waals surface area contributed by atoms with Crippen molar-refractivity contribution in [2.75, 3.05) is 12.9 Å². The highest BCUT2D eigenvalue weighted by atomic mass is 32.2. The molecule has 2 N–H and O–H groups in total. The summed E-state index contributed by atoms with van der Waals surface area (Å²) in [6.07, 6.45) is 2.88. The van der Waals surface area contributed by atoms with Crippen LogP contribution in [0.2, 0.25) is 0 Å². The van der Waals surface area contributed by atoms with Gasteiger partial charge in [-0.15, -0.1) is 0 Å². The van der Waals surface area contributed by atoms with Gasteiger partial charge in [-0.05, 0) is 18.5 Å². The Hall–Kier alpha value is 0.270. The monoisotopic (exact) mass is 135 g/mol. The van der Waals surface area contributed by atoms with Crippen molar-refractivity contribution in [1.82, 2.24) is 0 Å². The van der Waals surface area contributed by atoms with Crippen LogP contribution >= 0.6 is 12.0 Å². The van der Waals surface area contributed by atoms with E-state index in [0.717, 1.165) is 6.42 Å². The number of hydrogen-bond acceptors (Lipinski definition) is 3. The molecule has 50 valence electrons. The van der Waals surface area contributed by atoms with E-state index in [1.54, 1.807) is 0 Å². The van der Waals surface area contributed by atoms with Gasteiger partial charge in [0, 0.05) is 12.3 Å². The van der Waals surface area contributed by atoms with Gasteiger partial charge in [0.2, 0.25) is 0 Å². The summed E-state index contributed by atoms with van der Waals surface area (Å²) in [6.45, 7) is 2.71. The van der Waals surface area contributed by atoms with Crippen LogP contribution in [0.4, 0.5) is 0 Å². The third-order valence-corrected chi connectivity index (χ3v) is 1.30. The zero-order chi connectivity index (χ0) is 6.41. The predicted molar refractivity (Wildman–Crippen MR) is 37.7 cm³/mol. The highest BCUT2D eigenvalue weighted by Crippen LogP contribution is 1.96. The van der Waals surface area contributed by atoms with Gasteiger partial charge in [-0.25, -0.2) is 0 Å². The van der Waals surface area contributed by atoms with Gasteiger partial charge < -0.3 is 9.92 Å². The smallest absolute Gasteiger partial charge is 0.0764 e. The molecule has 0 radical (unpaired) electrons. The largest absolute Gasteiger partial charge is 0.326 e. The van der Waals surface area contributed by atoms with Gasteiger partial charge in [0.1, 0.15) is 0 Å². The Bertz CT molecular complexity index is 51.7. The quantitative estimate of drug-likeness (QED) is 0.584. The van der Waals surface area contributed by atoms with Crippen LogP contribution in [0.5, 0.6) is 0 Å². The van der Waals surface area contributed by atoms with Crippen molar-refractivity contribution in [2.45, 2.75) is 19.4 Å². The molecule has 0 aliphatic rings. The molecular weight excluding hydrogens is 122 g/mol. The van der Waals surface area contributed by atoms with Crippen LogP contribution in [-0.4, -0.2) is 18.9 Å². The molecule has 0 spiro atoms. The van der Waals surface area contributed by atoms with E-state index in [9.17, 15) is 0 Å². The molecule has 3 heteroatoms. The standard InChI is InChI=1S/C5H13NOS/c1-3-5(6)4-7-8-2/h5H,3-4,6H2,1-2H3. The van der Waals surface area contributed by atoms with Crippen LogP contribution in [0.25, 0.3) is 0 Å². The van der Waals surface area contributed by atoms with Gasteiger partial charge >= 0.3 is 0 Å².